The highest BCUT2D eigenvalue weighted by molar-refractivity contribution is 6.20. The van der Waals surface area contributed by atoms with Crippen LogP contribution in [0.2, 0.25) is 0 Å². The summed E-state index contributed by atoms with van der Waals surface area (Å²) in [5.41, 5.74) is 2.96. The van der Waals surface area contributed by atoms with Crippen molar-refractivity contribution in [1.82, 2.24) is 5.32 Å². The molecule has 4 rings (SSSR count). The first-order valence-corrected chi connectivity index (χ1v) is 9.75. The van der Waals surface area contributed by atoms with Gasteiger partial charge in [-0.05, 0) is 42.5 Å². The Morgan fingerprint density at radius 1 is 0.968 bits per heavy atom. The van der Waals surface area contributed by atoms with Crippen molar-refractivity contribution in [1.29, 1.82) is 0 Å². The molecule has 1 atom stereocenters. The van der Waals surface area contributed by atoms with E-state index in [2.05, 4.69) is 15.6 Å². The third-order valence-electron chi connectivity index (χ3n) is 4.99. The lowest BCUT2D eigenvalue weighted by atomic mass is 10.0. The molecule has 1 aliphatic heterocycles. The number of nitrogens with one attached hydrogen (secondary N) is 2. The first-order chi connectivity index (χ1) is 14.9. The number of hydrogen-bond donors (Lipinski definition) is 2. The molecule has 3 aromatic rings. The van der Waals surface area contributed by atoms with Gasteiger partial charge in [0.2, 0.25) is 6.17 Å². The van der Waals surface area contributed by atoms with E-state index >= 15 is 0 Å². The van der Waals surface area contributed by atoms with E-state index in [1.807, 2.05) is 31.1 Å². The Balaban J connectivity index is 1.70. The fraction of sp³-hybridized carbons (Fsp3) is 0.125. The molecule has 2 N–H and O–H groups in total. The molecule has 1 aliphatic rings. The number of carbonyl (C=O) groups excluding carboxylic acids is 2. The summed E-state index contributed by atoms with van der Waals surface area (Å²) in [5.74, 6) is -1.42. The van der Waals surface area contributed by atoms with Crippen LogP contribution in [0.15, 0.2) is 77.8 Å². The molecule has 3 aromatic carbocycles. The molecule has 1 unspecified atom stereocenters. The molecule has 2 amide bonds. The molecule has 31 heavy (non-hydrogen) atoms. The molecular weight excluding hydrogens is 395 g/mol. The number of carbonyl (C=O) groups is 2. The maximum atomic E-state index is 14.6. The van der Waals surface area contributed by atoms with Crippen molar-refractivity contribution in [2.75, 3.05) is 24.3 Å². The number of anilines is 2. The van der Waals surface area contributed by atoms with Gasteiger partial charge in [-0.15, -0.1) is 0 Å². The molecule has 0 spiro atoms. The van der Waals surface area contributed by atoms with Crippen LogP contribution in [-0.2, 0) is 4.79 Å². The second-order valence-corrected chi connectivity index (χ2v) is 7.31. The van der Waals surface area contributed by atoms with E-state index in [4.69, 9.17) is 0 Å². The summed E-state index contributed by atoms with van der Waals surface area (Å²) in [4.78, 5) is 32.0. The lowest BCUT2D eigenvalue weighted by Gasteiger charge is -2.15. The molecule has 156 valence electrons. The van der Waals surface area contributed by atoms with Crippen molar-refractivity contribution in [2.45, 2.75) is 6.17 Å². The summed E-state index contributed by atoms with van der Waals surface area (Å²) in [7, 11) is 3.81. The minimum atomic E-state index is -1.22. The molecular formula is C24H21FN4O2. The van der Waals surface area contributed by atoms with Crippen LogP contribution in [0.3, 0.4) is 0 Å². The first-order valence-electron chi connectivity index (χ1n) is 9.75. The van der Waals surface area contributed by atoms with Gasteiger partial charge in [0.15, 0.2) is 0 Å². The molecule has 0 radical (unpaired) electrons. The van der Waals surface area contributed by atoms with Gasteiger partial charge in [0, 0.05) is 36.5 Å². The summed E-state index contributed by atoms with van der Waals surface area (Å²) >= 11 is 0. The predicted octanol–water partition coefficient (Wildman–Crippen LogP) is 3.44. The number of halogens is 1. The van der Waals surface area contributed by atoms with Crippen molar-refractivity contribution in [3.05, 3.63) is 95.3 Å². The standard InChI is InChI=1S/C24H21FN4O2/c1-29(2)16-13-11-15(12-14-16)23(30)28-22-24(31)26-20-10-6-4-8-18(20)21(27-22)17-7-3-5-9-19(17)25/h3-14,22H,1-2H3,(H,26,31)(H,28,30). The highest BCUT2D eigenvalue weighted by Gasteiger charge is 2.28. The third kappa shape index (κ3) is 4.16. The van der Waals surface area contributed by atoms with Gasteiger partial charge in [-0.2, -0.15) is 0 Å². The van der Waals surface area contributed by atoms with Gasteiger partial charge in [-0.3, -0.25) is 9.59 Å². The maximum Gasteiger partial charge on any atom is 0.269 e. The lowest BCUT2D eigenvalue weighted by molar-refractivity contribution is -0.117. The van der Waals surface area contributed by atoms with Gasteiger partial charge < -0.3 is 15.5 Å². The minimum absolute atomic E-state index is 0.251. The summed E-state index contributed by atoms with van der Waals surface area (Å²) in [6, 6.07) is 20.2. The Bertz CT molecular complexity index is 1170. The highest BCUT2D eigenvalue weighted by Crippen LogP contribution is 2.25. The number of hydrogen-bond acceptors (Lipinski definition) is 4. The van der Waals surface area contributed by atoms with Crippen molar-refractivity contribution >= 4 is 28.9 Å². The second kappa shape index (κ2) is 8.39. The third-order valence-corrected chi connectivity index (χ3v) is 4.99. The molecule has 6 nitrogen and oxygen atoms in total. The Morgan fingerprint density at radius 3 is 2.29 bits per heavy atom. The molecule has 0 bridgehead atoms. The predicted molar refractivity (Wildman–Crippen MR) is 119 cm³/mol. The fourth-order valence-electron chi connectivity index (χ4n) is 3.34. The first kappa shape index (κ1) is 20.3. The Labute approximate surface area is 179 Å². The monoisotopic (exact) mass is 416 g/mol. The van der Waals surface area contributed by atoms with Crippen LogP contribution in [-0.4, -0.2) is 37.8 Å². The molecule has 0 saturated carbocycles. The van der Waals surface area contributed by atoms with Crippen LogP contribution in [0, 0.1) is 5.82 Å². The van der Waals surface area contributed by atoms with Crippen LogP contribution >= 0.6 is 0 Å². The van der Waals surface area contributed by atoms with E-state index in [1.165, 1.54) is 6.07 Å². The second-order valence-electron chi connectivity index (χ2n) is 7.31. The van der Waals surface area contributed by atoms with Crippen LogP contribution in [0.25, 0.3) is 0 Å². The van der Waals surface area contributed by atoms with Crippen LogP contribution in [0.4, 0.5) is 15.8 Å². The van der Waals surface area contributed by atoms with Crippen LogP contribution in [0.1, 0.15) is 21.5 Å². The number of para-hydroxylation sites is 1. The van der Waals surface area contributed by atoms with Gasteiger partial charge in [-0.25, -0.2) is 9.38 Å². The van der Waals surface area contributed by atoms with Crippen molar-refractivity contribution in [3.63, 3.8) is 0 Å². The van der Waals surface area contributed by atoms with Crippen LogP contribution < -0.4 is 15.5 Å². The number of amides is 2. The van der Waals surface area contributed by atoms with Crippen molar-refractivity contribution in [2.24, 2.45) is 4.99 Å². The zero-order chi connectivity index (χ0) is 22.0. The number of nitrogens with zero attached hydrogens (tertiary/aromatic N) is 2. The molecule has 7 heteroatoms. The summed E-state index contributed by atoms with van der Waals surface area (Å²) < 4.78 is 14.6. The van der Waals surface area contributed by atoms with Gasteiger partial charge >= 0.3 is 0 Å². The Hall–Kier alpha value is -4.00. The maximum absolute atomic E-state index is 14.6. The number of rotatable bonds is 4. The van der Waals surface area contributed by atoms with Gasteiger partial charge in [-0.1, -0.05) is 30.3 Å². The summed E-state index contributed by atoms with van der Waals surface area (Å²) in [5, 5.41) is 5.43. The molecule has 1 heterocycles. The minimum Gasteiger partial charge on any atom is -0.378 e. The van der Waals surface area contributed by atoms with Crippen molar-refractivity contribution in [3.8, 4) is 0 Å². The van der Waals surface area contributed by atoms with Crippen molar-refractivity contribution < 1.29 is 14.0 Å². The topological polar surface area (TPSA) is 73.8 Å². The average molecular weight is 416 g/mol. The van der Waals surface area contributed by atoms with E-state index < -0.39 is 23.8 Å². The number of benzene rings is 3. The molecule has 0 fully saturated rings. The van der Waals surface area contributed by atoms with E-state index in [0.717, 1.165) is 5.69 Å². The van der Waals surface area contributed by atoms with Gasteiger partial charge in [0.1, 0.15) is 5.82 Å². The smallest absolute Gasteiger partial charge is 0.269 e. The Kier molecular flexibility index (Phi) is 5.49. The normalized spacial score (nSPS) is 15.3. The zero-order valence-corrected chi connectivity index (χ0v) is 17.1. The van der Waals surface area contributed by atoms with Gasteiger partial charge in [0.25, 0.3) is 11.8 Å². The highest BCUT2D eigenvalue weighted by atomic mass is 19.1. The van der Waals surface area contributed by atoms with E-state index in [-0.39, 0.29) is 5.56 Å². The van der Waals surface area contributed by atoms with Crippen LogP contribution in [0.5, 0.6) is 0 Å². The van der Waals surface area contributed by atoms with Gasteiger partial charge in [0.05, 0.1) is 11.4 Å². The van der Waals surface area contributed by atoms with E-state index in [9.17, 15) is 14.0 Å². The Morgan fingerprint density at radius 2 is 1.61 bits per heavy atom. The number of fused-ring (bicyclic) bond motifs is 1. The number of benzodiazepines with no additional fused rings is 1. The SMILES string of the molecule is CN(C)c1ccc(C(=O)NC2N=C(c3ccccc3F)c3ccccc3NC2=O)cc1. The quantitative estimate of drug-likeness (QED) is 0.684. The largest absolute Gasteiger partial charge is 0.378 e. The fourth-order valence-corrected chi connectivity index (χ4v) is 3.34. The van der Waals surface area contributed by atoms with E-state index in [1.54, 1.807) is 54.6 Å². The molecule has 0 aromatic heterocycles. The zero-order valence-electron chi connectivity index (χ0n) is 17.1. The lowest BCUT2D eigenvalue weighted by Crippen LogP contribution is -2.42. The molecule has 0 aliphatic carbocycles. The van der Waals surface area contributed by atoms with E-state index in [0.29, 0.717) is 22.5 Å². The molecule has 0 saturated heterocycles. The summed E-state index contributed by atoms with van der Waals surface area (Å²) in [6.45, 7) is 0. The average Bonchev–Trinajstić information content (AvgIpc) is 2.90. The summed E-state index contributed by atoms with van der Waals surface area (Å²) in [6.07, 6.45) is -1.22. The number of aliphatic imine (C=N–C) groups is 1.